The summed E-state index contributed by atoms with van der Waals surface area (Å²) in [5.41, 5.74) is 5.97. The Balaban J connectivity index is 3.10. The predicted molar refractivity (Wildman–Crippen MR) is 62.8 cm³/mol. The van der Waals surface area contributed by atoms with Crippen molar-refractivity contribution in [3.05, 3.63) is 29.8 Å². The summed E-state index contributed by atoms with van der Waals surface area (Å²) in [6.45, 7) is 2.08. The second-order valence-electron chi connectivity index (χ2n) is 3.34. The van der Waals surface area contributed by atoms with Crippen LogP contribution in [0.1, 0.15) is 17.3 Å². The van der Waals surface area contributed by atoms with Gasteiger partial charge in [0.2, 0.25) is 15.9 Å². The van der Waals surface area contributed by atoms with Crippen molar-refractivity contribution in [1.82, 2.24) is 0 Å². The van der Waals surface area contributed by atoms with Crippen molar-refractivity contribution >= 4 is 21.6 Å². The fraction of sp³-hybridized carbons (Fsp3) is 0.300. The summed E-state index contributed by atoms with van der Waals surface area (Å²) in [5, 5.41) is 0. The zero-order valence-electron chi connectivity index (χ0n) is 9.17. The third-order valence-corrected chi connectivity index (χ3v) is 3.40. The van der Waals surface area contributed by atoms with Crippen LogP contribution in [0.15, 0.2) is 24.3 Å². The summed E-state index contributed by atoms with van der Waals surface area (Å²) < 4.78 is 24.1. The van der Waals surface area contributed by atoms with Gasteiger partial charge >= 0.3 is 0 Å². The Labute approximate surface area is 94.9 Å². The maximum absolute atomic E-state index is 11.4. The van der Waals surface area contributed by atoms with Crippen LogP contribution in [0.4, 0.5) is 5.69 Å². The molecule has 0 bridgehead atoms. The van der Waals surface area contributed by atoms with Crippen molar-refractivity contribution in [1.29, 1.82) is 0 Å². The minimum Gasteiger partial charge on any atom is -0.366 e. The molecule has 1 amide bonds. The van der Waals surface area contributed by atoms with E-state index >= 15 is 0 Å². The number of nitrogens with zero attached hydrogens (tertiary/aromatic N) is 1. The molecule has 0 heterocycles. The number of amides is 1. The zero-order chi connectivity index (χ0) is 12.3. The van der Waals surface area contributed by atoms with E-state index in [0.717, 1.165) is 6.26 Å². The smallest absolute Gasteiger partial charge is 0.248 e. The van der Waals surface area contributed by atoms with Gasteiger partial charge in [0, 0.05) is 12.1 Å². The molecule has 0 atom stereocenters. The first-order valence-electron chi connectivity index (χ1n) is 4.74. The molecule has 0 saturated heterocycles. The number of hydrogen-bond acceptors (Lipinski definition) is 3. The van der Waals surface area contributed by atoms with Crippen molar-refractivity contribution in [2.45, 2.75) is 6.92 Å². The van der Waals surface area contributed by atoms with Crippen molar-refractivity contribution in [3.63, 3.8) is 0 Å². The van der Waals surface area contributed by atoms with Crippen molar-refractivity contribution in [3.8, 4) is 0 Å². The molecule has 1 aromatic carbocycles. The summed E-state index contributed by atoms with van der Waals surface area (Å²) in [6, 6.07) is 6.13. The molecule has 1 aromatic rings. The van der Waals surface area contributed by atoms with Gasteiger partial charge in [-0.25, -0.2) is 8.42 Å². The molecule has 16 heavy (non-hydrogen) atoms. The van der Waals surface area contributed by atoms with Crippen molar-refractivity contribution < 1.29 is 13.2 Å². The molecular formula is C10H14N2O3S. The Morgan fingerprint density at radius 3 is 2.12 bits per heavy atom. The first kappa shape index (κ1) is 12.5. The molecule has 0 radical (unpaired) electrons. The molecule has 0 spiro atoms. The van der Waals surface area contributed by atoms with Crippen LogP contribution >= 0.6 is 0 Å². The van der Waals surface area contributed by atoms with Gasteiger partial charge in [-0.2, -0.15) is 0 Å². The quantitative estimate of drug-likeness (QED) is 0.838. The summed E-state index contributed by atoms with van der Waals surface area (Å²) in [6.07, 6.45) is 1.14. The molecule has 0 aromatic heterocycles. The van der Waals surface area contributed by atoms with E-state index in [1.165, 1.54) is 16.4 Å². The highest BCUT2D eigenvalue weighted by atomic mass is 32.2. The monoisotopic (exact) mass is 242 g/mol. The lowest BCUT2D eigenvalue weighted by molar-refractivity contribution is 0.100. The van der Waals surface area contributed by atoms with E-state index in [2.05, 4.69) is 0 Å². The number of anilines is 1. The highest BCUT2D eigenvalue weighted by molar-refractivity contribution is 7.92. The van der Waals surface area contributed by atoms with Gasteiger partial charge in [-0.3, -0.25) is 9.10 Å². The Bertz CT molecular complexity index is 479. The number of carbonyl (C=O) groups is 1. The molecule has 5 nitrogen and oxygen atoms in total. The number of benzene rings is 1. The van der Waals surface area contributed by atoms with Crippen LogP contribution in [-0.4, -0.2) is 27.1 Å². The van der Waals surface area contributed by atoms with E-state index in [4.69, 9.17) is 5.73 Å². The van der Waals surface area contributed by atoms with Gasteiger partial charge in [0.25, 0.3) is 0 Å². The lowest BCUT2D eigenvalue weighted by Gasteiger charge is -2.20. The van der Waals surface area contributed by atoms with E-state index in [1.807, 2.05) is 0 Å². The molecule has 1 rings (SSSR count). The Hall–Kier alpha value is -1.56. The summed E-state index contributed by atoms with van der Waals surface area (Å²) in [4.78, 5) is 10.8. The molecular weight excluding hydrogens is 228 g/mol. The molecule has 6 heteroatoms. The normalized spacial score (nSPS) is 11.1. The second-order valence-corrected chi connectivity index (χ2v) is 5.25. The average Bonchev–Trinajstić information content (AvgIpc) is 2.17. The predicted octanol–water partition coefficient (Wildman–Crippen LogP) is 0.571. The molecule has 2 N–H and O–H groups in total. The van der Waals surface area contributed by atoms with E-state index in [9.17, 15) is 13.2 Å². The van der Waals surface area contributed by atoms with Gasteiger partial charge in [0.15, 0.2) is 0 Å². The summed E-state index contributed by atoms with van der Waals surface area (Å²) in [7, 11) is -3.28. The van der Waals surface area contributed by atoms with Crippen LogP contribution in [0.25, 0.3) is 0 Å². The zero-order valence-corrected chi connectivity index (χ0v) is 9.99. The van der Waals surface area contributed by atoms with Crippen LogP contribution < -0.4 is 10.0 Å². The molecule has 0 aliphatic heterocycles. The van der Waals surface area contributed by atoms with E-state index in [-0.39, 0.29) is 0 Å². The van der Waals surface area contributed by atoms with Gasteiger partial charge in [-0.1, -0.05) is 0 Å². The fourth-order valence-electron chi connectivity index (χ4n) is 1.40. The highest BCUT2D eigenvalue weighted by Crippen LogP contribution is 2.17. The molecule has 0 aliphatic rings. The van der Waals surface area contributed by atoms with Crippen LogP contribution in [0.5, 0.6) is 0 Å². The number of primary amides is 1. The molecule has 0 unspecified atom stereocenters. The summed E-state index contributed by atoms with van der Waals surface area (Å²) in [5.74, 6) is -0.533. The largest absolute Gasteiger partial charge is 0.366 e. The van der Waals surface area contributed by atoms with Gasteiger partial charge in [0.1, 0.15) is 0 Å². The second kappa shape index (κ2) is 4.52. The van der Waals surface area contributed by atoms with Gasteiger partial charge in [-0.15, -0.1) is 0 Å². The lowest BCUT2D eigenvalue weighted by atomic mass is 10.2. The fourth-order valence-corrected chi connectivity index (χ4v) is 2.37. The Morgan fingerprint density at radius 1 is 1.31 bits per heavy atom. The third kappa shape index (κ3) is 2.73. The van der Waals surface area contributed by atoms with Crippen LogP contribution in [-0.2, 0) is 10.0 Å². The van der Waals surface area contributed by atoms with E-state index in [1.54, 1.807) is 19.1 Å². The topological polar surface area (TPSA) is 80.5 Å². The highest BCUT2D eigenvalue weighted by Gasteiger charge is 2.14. The number of nitrogens with two attached hydrogens (primary N) is 1. The van der Waals surface area contributed by atoms with Crippen LogP contribution in [0.3, 0.4) is 0 Å². The number of sulfonamides is 1. The minimum atomic E-state index is -3.28. The maximum Gasteiger partial charge on any atom is 0.248 e. The minimum absolute atomic E-state index is 0.342. The summed E-state index contributed by atoms with van der Waals surface area (Å²) >= 11 is 0. The Morgan fingerprint density at radius 2 is 1.81 bits per heavy atom. The van der Waals surface area contributed by atoms with E-state index < -0.39 is 15.9 Å². The van der Waals surface area contributed by atoms with Crippen LogP contribution in [0, 0.1) is 0 Å². The first-order valence-corrected chi connectivity index (χ1v) is 6.58. The first-order chi connectivity index (χ1) is 7.36. The molecule has 0 aliphatic carbocycles. The SMILES string of the molecule is CCN(c1ccc(C(N)=O)cc1)S(C)(=O)=O. The van der Waals surface area contributed by atoms with Crippen LogP contribution in [0.2, 0.25) is 0 Å². The van der Waals surface area contributed by atoms with Crippen molar-refractivity contribution in [2.75, 3.05) is 17.1 Å². The number of hydrogen-bond donors (Lipinski definition) is 1. The number of rotatable bonds is 4. The van der Waals surface area contributed by atoms with Gasteiger partial charge < -0.3 is 5.73 Å². The Kier molecular flexibility index (Phi) is 3.54. The standard InChI is InChI=1S/C10H14N2O3S/c1-3-12(16(2,14)15)9-6-4-8(5-7-9)10(11)13/h4-7H,3H2,1-2H3,(H2,11,13). The van der Waals surface area contributed by atoms with Gasteiger partial charge in [0.05, 0.1) is 11.9 Å². The molecule has 88 valence electrons. The average molecular weight is 242 g/mol. The van der Waals surface area contributed by atoms with Crippen molar-refractivity contribution in [2.24, 2.45) is 5.73 Å². The maximum atomic E-state index is 11.4. The molecule has 0 fully saturated rings. The van der Waals surface area contributed by atoms with Gasteiger partial charge in [-0.05, 0) is 31.2 Å². The lowest BCUT2D eigenvalue weighted by Crippen LogP contribution is -2.29. The number of carbonyl (C=O) groups excluding carboxylic acids is 1. The van der Waals surface area contributed by atoms with E-state index in [0.29, 0.717) is 17.8 Å². The molecule has 0 saturated carbocycles. The third-order valence-electron chi connectivity index (χ3n) is 2.13.